The molecule has 0 aromatic heterocycles. The molecule has 0 amide bonds. The van der Waals surface area contributed by atoms with Crippen LogP contribution in [0.1, 0.15) is 432 Å². The molecule has 0 N–H and O–H groups in total. The molecule has 0 rings (SSSR count). The summed E-state index contributed by atoms with van der Waals surface area (Å²) in [6.07, 6.45) is 89.6. The molecule has 0 aliphatic heterocycles. The summed E-state index contributed by atoms with van der Waals surface area (Å²) >= 11 is 0. The van der Waals surface area contributed by atoms with Crippen molar-refractivity contribution in [2.75, 3.05) is 13.2 Å². The summed E-state index contributed by atoms with van der Waals surface area (Å²) in [6.45, 7) is 6.70. The van der Waals surface area contributed by atoms with Gasteiger partial charge in [-0.05, 0) is 51.4 Å². The summed E-state index contributed by atoms with van der Waals surface area (Å²) < 4.78 is 17.0. The Kier molecular flexibility index (Phi) is 70.5. The predicted molar refractivity (Wildman–Crippen MR) is 363 cm³/mol. The molecule has 0 aromatic rings. The van der Waals surface area contributed by atoms with Crippen LogP contribution in [0.5, 0.6) is 0 Å². The highest BCUT2D eigenvalue weighted by Gasteiger charge is 2.20. The lowest BCUT2D eigenvalue weighted by molar-refractivity contribution is -0.167. The van der Waals surface area contributed by atoms with E-state index in [1.54, 1.807) is 0 Å². The van der Waals surface area contributed by atoms with Gasteiger partial charge in [0.15, 0.2) is 6.10 Å². The van der Waals surface area contributed by atoms with Crippen LogP contribution in [0.25, 0.3) is 0 Å². The lowest BCUT2D eigenvalue weighted by atomic mass is 10.0. The topological polar surface area (TPSA) is 78.9 Å². The van der Waals surface area contributed by atoms with Crippen LogP contribution in [0.3, 0.4) is 0 Å². The van der Waals surface area contributed by atoms with Crippen molar-refractivity contribution in [3.8, 4) is 0 Å². The first-order valence-electron chi connectivity index (χ1n) is 37.8. The van der Waals surface area contributed by atoms with Crippen molar-refractivity contribution in [1.29, 1.82) is 0 Å². The monoisotopic (exact) mass is 1170 g/mol. The van der Waals surface area contributed by atoms with Crippen molar-refractivity contribution in [2.24, 2.45) is 0 Å². The second kappa shape index (κ2) is 72.4. The highest BCUT2D eigenvalue weighted by Crippen LogP contribution is 2.20. The van der Waals surface area contributed by atoms with Gasteiger partial charge < -0.3 is 14.2 Å². The zero-order valence-electron chi connectivity index (χ0n) is 56.5. The Bertz CT molecular complexity index is 1340. The molecule has 0 radical (unpaired) electrons. The first kappa shape index (κ1) is 80.9. The van der Waals surface area contributed by atoms with Gasteiger partial charge in [-0.3, -0.25) is 14.4 Å². The Hall–Kier alpha value is -2.11. The Morgan fingerprint density at radius 2 is 0.434 bits per heavy atom. The molecule has 0 fully saturated rings. The molecule has 0 aliphatic rings. The molecule has 0 spiro atoms. The van der Waals surface area contributed by atoms with Gasteiger partial charge in [0.25, 0.3) is 0 Å². The Morgan fingerprint density at radius 1 is 0.241 bits per heavy atom. The molecule has 0 heterocycles. The van der Waals surface area contributed by atoms with Crippen LogP contribution in [0.2, 0.25) is 0 Å². The number of hydrogen-bond donors (Lipinski definition) is 0. The quantitative estimate of drug-likeness (QED) is 0.0261. The molecular weight excluding hydrogens is 1020 g/mol. The molecule has 0 saturated heterocycles. The third kappa shape index (κ3) is 70.5. The number of carbonyl (C=O) groups excluding carboxylic acids is 3. The molecule has 6 nitrogen and oxygen atoms in total. The summed E-state index contributed by atoms with van der Waals surface area (Å²) in [5, 5.41) is 0. The van der Waals surface area contributed by atoms with Gasteiger partial charge in [0.2, 0.25) is 0 Å². The van der Waals surface area contributed by atoms with Crippen molar-refractivity contribution >= 4 is 17.9 Å². The molecule has 0 aliphatic carbocycles. The minimum absolute atomic E-state index is 0.0682. The molecule has 6 heteroatoms. The first-order chi connectivity index (χ1) is 41.0. The number of allylic oxidation sites excluding steroid dienone is 4. The minimum Gasteiger partial charge on any atom is -0.462 e. The number of carbonyl (C=O) groups is 3. The van der Waals surface area contributed by atoms with Crippen LogP contribution in [0.15, 0.2) is 24.3 Å². The largest absolute Gasteiger partial charge is 0.462 e. The molecule has 1 atom stereocenters. The summed E-state index contributed by atoms with van der Waals surface area (Å²) in [6, 6.07) is 0. The fourth-order valence-corrected chi connectivity index (χ4v) is 11.8. The molecule has 490 valence electrons. The Morgan fingerprint density at radius 3 is 0.675 bits per heavy atom. The molecule has 83 heavy (non-hydrogen) atoms. The van der Waals surface area contributed by atoms with E-state index < -0.39 is 6.10 Å². The van der Waals surface area contributed by atoms with E-state index in [-0.39, 0.29) is 31.1 Å². The van der Waals surface area contributed by atoms with E-state index in [1.807, 2.05) is 0 Å². The van der Waals surface area contributed by atoms with Gasteiger partial charge in [0, 0.05) is 19.3 Å². The van der Waals surface area contributed by atoms with Crippen LogP contribution in [-0.2, 0) is 28.6 Å². The lowest BCUT2D eigenvalue weighted by Crippen LogP contribution is -2.30. The summed E-state index contributed by atoms with van der Waals surface area (Å²) in [5.74, 6) is -0.844. The number of esters is 3. The third-order valence-corrected chi connectivity index (χ3v) is 17.5. The Balaban J connectivity index is 4.08. The van der Waals surface area contributed by atoms with Crippen LogP contribution < -0.4 is 0 Å². The lowest BCUT2D eigenvalue weighted by Gasteiger charge is -2.18. The molecule has 0 aromatic carbocycles. The van der Waals surface area contributed by atoms with Crippen LogP contribution in [0, 0.1) is 0 Å². The summed E-state index contributed by atoms with van der Waals surface area (Å²) in [4.78, 5) is 38.4. The van der Waals surface area contributed by atoms with E-state index in [0.29, 0.717) is 19.3 Å². The third-order valence-electron chi connectivity index (χ3n) is 17.5. The fourth-order valence-electron chi connectivity index (χ4n) is 11.8. The van der Waals surface area contributed by atoms with Crippen LogP contribution >= 0.6 is 0 Å². The van der Waals surface area contributed by atoms with Crippen molar-refractivity contribution < 1.29 is 28.6 Å². The SMILES string of the molecule is CCCCCC/C=C\C/C=C\CCCCCCCCCC(=O)OC(COC(=O)CCCCCCCCCCCCCCC)COC(=O)CCCCCCCCCCCCCCCCCCCCCCCCCCCCCCCCCCCC. The van der Waals surface area contributed by atoms with Gasteiger partial charge in [-0.25, -0.2) is 0 Å². The van der Waals surface area contributed by atoms with Crippen molar-refractivity contribution in [2.45, 2.75) is 438 Å². The average molecular weight is 1170 g/mol. The minimum atomic E-state index is -0.773. The van der Waals surface area contributed by atoms with Gasteiger partial charge in [0.05, 0.1) is 0 Å². The van der Waals surface area contributed by atoms with Gasteiger partial charge in [-0.15, -0.1) is 0 Å². The number of hydrogen-bond acceptors (Lipinski definition) is 6. The van der Waals surface area contributed by atoms with Crippen molar-refractivity contribution in [3.05, 3.63) is 24.3 Å². The molecule has 0 bridgehead atoms. The van der Waals surface area contributed by atoms with Crippen molar-refractivity contribution in [3.63, 3.8) is 0 Å². The molecule has 1 unspecified atom stereocenters. The summed E-state index contributed by atoms with van der Waals surface area (Å²) in [7, 11) is 0. The van der Waals surface area contributed by atoms with Crippen LogP contribution in [0.4, 0.5) is 0 Å². The van der Waals surface area contributed by atoms with E-state index in [4.69, 9.17) is 14.2 Å². The van der Waals surface area contributed by atoms with E-state index >= 15 is 0 Å². The van der Waals surface area contributed by atoms with E-state index in [9.17, 15) is 14.4 Å². The van der Waals surface area contributed by atoms with Crippen LogP contribution in [-0.4, -0.2) is 37.2 Å². The average Bonchev–Trinajstić information content (AvgIpc) is 3.49. The van der Waals surface area contributed by atoms with Gasteiger partial charge in [0.1, 0.15) is 13.2 Å². The Labute approximate surface area is 519 Å². The smallest absolute Gasteiger partial charge is 0.306 e. The number of ether oxygens (including phenoxy) is 3. The standard InChI is InChI=1S/C77H146O6/c1-4-7-10-13-16-19-22-25-27-29-31-32-33-34-35-36-37-38-39-40-41-42-43-44-45-46-48-49-52-55-58-61-64-67-70-76(79)82-73-74(72-81-75(78)69-66-63-60-57-54-51-24-21-18-15-12-9-6-3)83-77(80)71-68-65-62-59-56-53-50-47-30-28-26-23-20-17-14-11-8-5-2/h20,23,28,30,74H,4-19,21-22,24-27,29,31-73H2,1-3H3/b23-20-,30-28-. The fraction of sp³-hybridized carbons (Fsp3) is 0.909. The van der Waals surface area contributed by atoms with Gasteiger partial charge in [-0.2, -0.15) is 0 Å². The molecular formula is C77H146O6. The zero-order chi connectivity index (χ0) is 59.9. The molecule has 0 saturated carbocycles. The highest BCUT2D eigenvalue weighted by molar-refractivity contribution is 5.71. The highest BCUT2D eigenvalue weighted by atomic mass is 16.6. The second-order valence-corrected chi connectivity index (χ2v) is 25.9. The van der Waals surface area contributed by atoms with Gasteiger partial charge in [-0.1, -0.05) is 385 Å². The normalized spacial score (nSPS) is 12.1. The maximum atomic E-state index is 12.9. The maximum Gasteiger partial charge on any atom is 0.306 e. The van der Waals surface area contributed by atoms with Gasteiger partial charge >= 0.3 is 17.9 Å². The predicted octanol–water partition coefficient (Wildman–Crippen LogP) is 26.1. The van der Waals surface area contributed by atoms with E-state index in [0.717, 1.165) is 70.6 Å². The second-order valence-electron chi connectivity index (χ2n) is 25.9. The zero-order valence-corrected chi connectivity index (χ0v) is 56.5. The first-order valence-corrected chi connectivity index (χ1v) is 37.8. The summed E-state index contributed by atoms with van der Waals surface area (Å²) in [5.41, 5.74) is 0. The van der Waals surface area contributed by atoms with Crippen molar-refractivity contribution in [1.82, 2.24) is 0 Å². The van der Waals surface area contributed by atoms with E-state index in [1.165, 1.54) is 321 Å². The number of rotatable bonds is 71. The number of unbranched alkanes of at least 4 members (excludes halogenated alkanes) is 56. The van der Waals surface area contributed by atoms with E-state index in [2.05, 4.69) is 45.1 Å². The maximum absolute atomic E-state index is 12.9.